The van der Waals surface area contributed by atoms with Crippen LogP contribution in [0.4, 0.5) is 0 Å². The van der Waals surface area contributed by atoms with E-state index in [-0.39, 0.29) is 30.8 Å². The van der Waals surface area contributed by atoms with Crippen LogP contribution in [0.3, 0.4) is 0 Å². The van der Waals surface area contributed by atoms with Crippen LogP contribution < -0.4 is 14.8 Å². The number of hydrogen-bond donors (Lipinski definition) is 1. The first-order chi connectivity index (χ1) is 15.2. The molecule has 1 N–H and O–H groups in total. The first-order valence-electron chi connectivity index (χ1n) is 10.7. The van der Waals surface area contributed by atoms with E-state index in [1.807, 2.05) is 38.1 Å². The highest BCUT2D eigenvalue weighted by molar-refractivity contribution is 6.42. The smallest absolute Gasteiger partial charge is 0.242 e. The Morgan fingerprint density at radius 1 is 0.969 bits per heavy atom. The number of halogens is 2. The maximum Gasteiger partial charge on any atom is 0.242 e. The van der Waals surface area contributed by atoms with Crippen molar-refractivity contribution in [1.29, 1.82) is 0 Å². The van der Waals surface area contributed by atoms with Crippen LogP contribution >= 0.6 is 23.2 Å². The summed E-state index contributed by atoms with van der Waals surface area (Å²) >= 11 is 12.2. The van der Waals surface area contributed by atoms with Gasteiger partial charge in [-0.15, -0.1) is 0 Å². The monoisotopic (exact) mass is 478 g/mol. The minimum Gasteiger partial charge on any atom is -0.486 e. The predicted molar refractivity (Wildman–Crippen MR) is 126 cm³/mol. The maximum absolute atomic E-state index is 13.2. The molecule has 0 bridgehead atoms. The summed E-state index contributed by atoms with van der Waals surface area (Å²) in [6.07, 6.45) is 0.770. The number of nitrogens with one attached hydrogen (secondary N) is 1. The van der Waals surface area contributed by atoms with Gasteiger partial charge < -0.3 is 19.7 Å². The van der Waals surface area contributed by atoms with Crippen LogP contribution in [0.5, 0.6) is 11.5 Å². The van der Waals surface area contributed by atoms with E-state index >= 15 is 0 Å². The Bertz CT molecular complexity index is 980. The lowest BCUT2D eigenvalue weighted by Crippen LogP contribution is -2.49. The van der Waals surface area contributed by atoms with Crippen LogP contribution in [0.2, 0.25) is 10.0 Å². The van der Waals surface area contributed by atoms with E-state index in [2.05, 4.69) is 5.32 Å². The number of fused-ring (bicyclic) bond motifs is 1. The zero-order valence-electron chi connectivity index (χ0n) is 18.5. The molecule has 1 atom stereocenters. The quantitative estimate of drug-likeness (QED) is 0.599. The van der Waals surface area contributed by atoms with E-state index in [4.69, 9.17) is 32.7 Å². The molecule has 0 unspecified atom stereocenters. The van der Waals surface area contributed by atoms with Crippen molar-refractivity contribution in [2.75, 3.05) is 13.2 Å². The Morgan fingerprint density at radius 2 is 1.66 bits per heavy atom. The zero-order chi connectivity index (χ0) is 23.3. The average molecular weight is 479 g/mol. The predicted octanol–water partition coefficient (Wildman–Crippen LogP) is 4.64. The number of carbonyl (C=O) groups excluding carboxylic acids is 2. The highest BCUT2D eigenvalue weighted by Crippen LogP contribution is 2.31. The van der Waals surface area contributed by atoms with Crippen LogP contribution in [0.15, 0.2) is 36.4 Å². The third kappa shape index (κ3) is 6.30. The van der Waals surface area contributed by atoms with Crippen molar-refractivity contribution in [3.05, 3.63) is 57.6 Å². The molecule has 2 aromatic rings. The molecule has 0 aliphatic carbocycles. The van der Waals surface area contributed by atoms with E-state index in [0.717, 1.165) is 11.1 Å². The number of aryl methyl sites for hydroxylation is 1. The molecule has 3 rings (SSSR count). The van der Waals surface area contributed by atoms with E-state index < -0.39 is 6.04 Å². The van der Waals surface area contributed by atoms with Crippen LogP contribution in [0.25, 0.3) is 0 Å². The standard InChI is InChI=1S/C24H28Cl2N2O4/c1-15(2)27-24(30)16(3)28(14-18-4-7-19(25)20(26)12-18)23(29)9-6-17-5-8-21-22(13-17)32-11-10-31-21/h4-5,7-8,12-13,15-16H,6,9-11,14H2,1-3H3,(H,27,30)/t16-/m0/s1. The molecule has 1 aliphatic rings. The van der Waals surface area contributed by atoms with Crippen LogP contribution in [0.1, 0.15) is 38.3 Å². The molecule has 6 nitrogen and oxygen atoms in total. The summed E-state index contributed by atoms with van der Waals surface area (Å²) in [5.74, 6) is 1.08. The van der Waals surface area contributed by atoms with Gasteiger partial charge in [-0.3, -0.25) is 9.59 Å². The van der Waals surface area contributed by atoms with Crippen LogP contribution in [0, 0.1) is 0 Å². The topological polar surface area (TPSA) is 67.9 Å². The Hall–Kier alpha value is -2.44. The minimum atomic E-state index is -0.639. The lowest BCUT2D eigenvalue weighted by molar-refractivity contribution is -0.140. The third-order valence-electron chi connectivity index (χ3n) is 5.17. The summed E-state index contributed by atoms with van der Waals surface area (Å²) in [6.45, 7) is 6.80. The number of benzene rings is 2. The van der Waals surface area contributed by atoms with Crippen molar-refractivity contribution in [3.63, 3.8) is 0 Å². The molecule has 1 heterocycles. The molecule has 0 saturated carbocycles. The van der Waals surface area contributed by atoms with E-state index in [1.54, 1.807) is 24.0 Å². The fourth-order valence-corrected chi connectivity index (χ4v) is 3.78. The molecule has 8 heteroatoms. The summed E-state index contributed by atoms with van der Waals surface area (Å²) in [7, 11) is 0. The number of nitrogens with zero attached hydrogens (tertiary/aromatic N) is 1. The normalized spacial score (nSPS) is 13.6. The van der Waals surface area contributed by atoms with Crippen molar-refractivity contribution >= 4 is 35.0 Å². The molecule has 2 amide bonds. The molecule has 0 spiro atoms. The lowest BCUT2D eigenvalue weighted by atomic mass is 10.1. The molecular weight excluding hydrogens is 451 g/mol. The Labute approximate surface area is 198 Å². The second-order valence-corrected chi connectivity index (χ2v) is 8.90. The van der Waals surface area contributed by atoms with Gasteiger partial charge in [0.1, 0.15) is 19.3 Å². The summed E-state index contributed by atoms with van der Waals surface area (Å²) in [5, 5.41) is 3.73. The summed E-state index contributed by atoms with van der Waals surface area (Å²) < 4.78 is 11.2. The largest absolute Gasteiger partial charge is 0.486 e. The summed E-state index contributed by atoms with van der Waals surface area (Å²) in [6, 6.07) is 10.2. The van der Waals surface area contributed by atoms with E-state index in [0.29, 0.717) is 41.2 Å². The van der Waals surface area contributed by atoms with Crippen molar-refractivity contribution < 1.29 is 19.1 Å². The molecule has 1 aliphatic heterocycles. The van der Waals surface area contributed by atoms with Gasteiger partial charge in [0.2, 0.25) is 11.8 Å². The lowest BCUT2D eigenvalue weighted by Gasteiger charge is -2.29. The van der Waals surface area contributed by atoms with E-state index in [1.165, 1.54) is 0 Å². The minimum absolute atomic E-state index is 0.0235. The number of ether oxygens (including phenoxy) is 2. The van der Waals surface area contributed by atoms with Crippen LogP contribution in [-0.2, 0) is 22.6 Å². The molecule has 172 valence electrons. The number of hydrogen-bond acceptors (Lipinski definition) is 4. The Balaban J connectivity index is 1.74. The molecule has 32 heavy (non-hydrogen) atoms. The average Bonchev–Trinajstić information content (AvgIpc) is 2.77. The number of amides is 2. The van der Waals surface area contributed by atoms with Gasteiger partial charge in [0.25, 0.3) is 0 Å². The van der Waals surface area contributed by atoms with Crippen molar-refractivity contribution in [2.45, 2.75) is 52.2 Å². The molecule has 0 aromatic heterocycles. The molecule has 0 radical (unpaired) electrons. The SMILES string of the molecule is CC(C)NC(=O)[C@H](C)N(Cc1ccc(Cl)c(Cl)c1)C(=O)CCc1ccc2c(c1)OCCO2. The fourth-order valence-electron chi connectivity index (χ4n) is 3.46. The van der Waals surface area contributed by atoms with Gasteiger partial charge in [0.05, 0.1) is 10.0 Å². The van der Waals surface area contributed by atoms with Crippen LogP contribution in [-0.4, -0.2) is 42.0 Å². The Morgan fingerprint density at radius 3 is 2.34 bits per heavy atom. The second kappa shape index (κ2) is 10.9. The molecule has 0 saturated heterocycles. The zero-order valence-corrected chi connectivity index (χ0v) is 20.0. The van der Waals surface area contributed by atoms with Gasteiger partial charge in [0, 0.05) is 19.0 Å². The number of carbonyl (C=O) groups is 2. The first kappa shape index (κ1) is 24.2. The molecule has 2 aromatic carbocycles. The third-order valence-corrected chi connectivity index (χ3v) is 5.91. The maximum atomic E-state index is 13.2. The van der Waals surface area contributed by atoms with Crippen molar-refractivity contribution in [2.24, 2.45) is 0 Å². The molecule has 0 fully saturated rings. The van der Waals surface area contributed by atoms with Gasteiger partial charge >= 0.3 is 0 Å². The molecular formula is C24H28Cl2N2O4. The van der Waals surface area contributed by atoms with Gasteiger partial charge in [0.15, 0.2) is 11.5 Å². The van der Waals surface area contributed by atoms with Gasteiger partial charge in [-0.2, -0.15) is 0 Å². The van der Waals surface area contributed by atoms with E-state index in [9.17, 15) is 9.59 Å². The van der Waals surface area contributed by atoms with Crippen molar-refractivity contribution in [1.82, 2.24) is 10.2 Å². The van der Waals surface area contributed by atoms with Crippen molar-refractivity contribution in [3.8, 4) is 11.5 Å². The number of rotatable bonds is 8. The van der Waals surface area contributed by atoms with Gasteiger partial charge in [-0.1, -0.05) is 35.3 Å². The summed E-state index contributed by atoms with van der Waals surface area (Å²) in [4.78, 5) is 27.5. The highest BCUT2D eigenvalue weighted by Gasteiger charge is 2.26. The van der Waals surface area contributed by atoms with Gasteiger partial charge in [-0.25, -0.2) is 0 Å². The summed E-state index contributed by atoms with van der Waals surface area (Å²) in [5.41, 5.74) is 1.77. The highest BCUT2D eigenvalue weighted by atomic mass is 35.5. The van der Waals surface area contributed by atoms with Gasteiger partial charge in [-0.05, 0) is 62.6 Å². The first-order valence-corrected chi connectivity index (χ1v) is 11.4. The Kier molecular flexibility index (Phi) is 8.26. The second-order valence-electron chi connectivity index (χ2n) is 8.09. The fraction of sp³-hybridized carbons (Fsp3) is 0.417.